The number of carbonyl (C=O) groups excluding carboxylic acids is 1. The summed E-state index contributed by atoms with van der Waals surface area (Å²) in [5, 5.41) is 0. The van der Waals surface area contributed by atoms with Gasteiger partial charge in [-0.25, -0.2) is 4.79 Å². The quantitative estimate of drug-likeness (QED) is 0.229. The van der Waals surface area contributed by atoms with Gasteiger partial charge in [0, 0.05) is 19.5 Å². The van der Waals surface area contributed by atoms with Crippen molar-refractivity contribution in [2.24, 2.45) is 0 Å². The number of benzene rings is 1. The summed E-state index contributed by atoms with van der Waals surface area (Å²) in [6.07, 6.45) is 4.06. The van der Waals surface area contributed by atoms with E-state index in [1.807, 2.05) is 36.4 Å². The van der Waals surface area contributed by atoms with Crippen LogP contribution in [0.25, 0.3) is 0 Å². The summed E-state index contributed by atoms with van der Waals surface area (Å²) < 4.78 is 20.6. The van der Waals surface area contributed by atoms with E-state index in [4.69, 9.17) is 18.9 Å². The van der Waals surface area contributed by atoms with Gasteiger partial charge in [0.2, 0.25) is 0 Å². The standard InChI is InChI=1S/C19H24O5/c1-4-24-19(20)13-12-17(21-2)7-5-6-14-23-15-16-8-10-18(22-3)11-9-16/h5-6,8-11,17H,4,7,14-15H2,1-3H3/b6-5-/t17-/m1/s1. The molecular formula is C19H24O5. The van der Waals surface area contributed by atoms with E-state index in [-0.39, 0.29) is 6.10 Å². The molecule has 1 rings (SSSR count). The molecule has 0 heterocycles. The van der Waals surface area contributed by atoms with Gasteiger partial charge < -0.3 is 18.9 Å². The molecule has 1 aromatic carbocycles. The Labute approximate surface area is 143 Å². The Bertz CT molecular complexity index is 566. The summed E-state index contributed by atoms with van der Waals surface area (Å²) >= 11 is 0. The topological polar surface area (TPSA) is 54.0 Å². The molecule has 1 atom stereocenters. The van der Waals surface area contributed by atoms with E-state index in [0.717, 1.165) is 11.3 Å². The van der Waals surface area contributed by atoms with Crippen LogP contribution in [0.1, 0.15) is 18.9 Å². The van der Waals surface area contributed by atoms with E-state index in [1.54, 1.807) is 21.1 Å². The lowest BCUT2D eigenvalue weighted by atomic mass is 10.2. The number of hydrogen-bond donors (Lipinski definition) is 0. The summed E-state index contributed by atoms with van der Waals surface area (Å²) in [6.45, 7) is 3.08. The van der Waals surface area contributed by atoms with Gasteiger partial charge in [-0.2, -0.15) is 0 Å². The number of hydrogen-bond acceptors (Lipinski definition) is 5. The van der Waals surface area contributed by atoms with Gasteiger partial charge in [0.05, 0.1) is 26.9 Å². The Hall–Kier alpha value is -2.29. The Morgan fingerprint density at radius 1 is 1.21 bits per heavy atom. The molecule has 0 aliphatic carbocycles. The average Bonchev–Trinajstić information content (AvgIpc) is 2.61. The zero-order valence-electron chi connectivity index (χ0n) is 14.4. The number of carbonyl (C=O) groups is 1. The van der Waals surface area contributed by atoms with Crippen LogP contribution in [0.5, 0.6) is 5.75 Å². The summed E-state index contributed by atoms with van der Waals surface area (Å²) in [4.78, 5) is 11.2. The Kier molecular flexibility index (Phi) is 10.0. The molecule has 0 N–H and O–H groups in total. The predicted molar refractivity (Wildman–Crippen MR) is 91.6 cm³/mol. The van der Waals surface area contributed by atoms with Gasteiger partial charge in [0.1, 0.15) is 11.9 Å². The van der Waals surface area contributed by atoms with Crippen LogP contribution in [0.15, 0.2) is 36.4 Å². The second kappa shape index (κ2) is 12.2. The van der Waals surface area contributed by atoms with Crippen molar-refractivity contribution in [1.29, 1.82) is 0 Å². The molecule has 0 bridgehead atoms. The van der Waals surface area contributed by atoms with E-state index >= 15 is 0 Å². The third-order valence-electron chi connectivity index (χ3n) is 3.05. The van der Waals surface area contributed by atoms with Crippen LogP contribution in [0.3, 0.4) is 0 Å². The molecule has 0 aromatic heterocycles. The maximum absolute atomic E-state index is 11.2. The molecule has 5 nitrogen and oxygen atoms in total. The first-order valence-electron chi connectivity index (χ1n) is 7.76. The molecule has 0 saturated carbocycles. The molecular weight excluding hydrogens is 308 g/mol. The molecule has 1 aromatic rings. The lowest BCUT2D eigenvalue weighted by Gasteiger charge is -2.05. The zero-order valence-corrected chi connectivity index (χ0v) is 14.4. The lowest BCUT2D eigenvalue weighted by Crippen LogP contribution is -2.08. The van der Waals surface area contributed by atoms with Crippen molar-refractivity contribution in [2.45, 2.75) is 26.1 Å². The van der Waals surface area contributed by atoms with Crippen molar-refractivity contribution in [3.63, 3.8) is 0 Å². The first-order chi connectivity index (χ1) is 11.7. The molecule has 0 aliphatic rings. The predicted octanol–water partition coefficient (Wildman–Crippen LogP) is 2.74. The minimum absolute atomic E-state index is 0.316. The van der Waals surface area contributed by atoms with Crippen molar-refractivity contribution in [2.75, 3.05) is 27.4 Å². The van der Waals surface area contributed by atoms with Gasteiger partial charge in [0.15, 0.2) is 0 Å². The third-order valence-corrected chi connectivity index (χ3v) is 3.05. The zero-order chi connectivity index (χ0) is 17.6. The monoisotopic (exact) mass is 332 g/mol. The smallest absolute Gasteiger partial charge is 0.384 e. The van der Waals surface area contributed by atoms with E-state index in [2.05, 4.69) is 11.8 Å². The first-order valence-corrected chi connectivity index (χ1v) is 7.76. The summed E-state index contributed by atoms with van der Waals surface area (Å²) in [5.74, 6) is 5.43. The molecule has 0 amide bonds. The Morgan fingerprint density at radius 2 is 1.96 bits per heavy atom. The average molecular weight is 332 g/mol. The van der Waals surface area contributed by atoms with Gasteiger partial charge >= 0.3 is 5.97 Å². The minimum atomic E-state index is -0.536. The van der Waals surface area contributed by atoms with Crippen LogP contribution < -0.4 is 4.74 Å². The molecule has 24 heavy (non-hydrogen) atoms. The Balaban J connectivity index is 2.26. The van der Waals surface area contributed by atoms with Crippen molar-refractivity contribution < 1.29 is 23.7 Å². The Morgan fingerprint density at radius 3 is 2.58 bits per heavy atom. The SMILES string of the molecule is CCOC(=O)C#C[C@@H](C/C=C\COCc1ccc(OC)cc1)OC. The molecule has 0 fully saturated rings. The highest BCUT2D eigenvalue weighted by Crippen LogP contribution is 2.11. The lowest BCUT2D eigenvalue weighted by molar-refractivity contribution is -0.136. The number of ether oxygens (including phenoxy) is 4. The van der Waals surface area contributed by atoms with Crippen molar-refractivity contribution in [1.82, 2.24) is 0 Å². The van der Waals surface area contributed by atoms with Crippen LogP contribution >= 0.6 is 0 Å². The highest BCUT2D eigenvalue weighted by molar-refractivity contribution is 5.88. The van der Waals surface area contributed by atoms with Gasteiger partial charge in [-0.05, 0) is 24.6 Å². The molecule has 0 spiro atoms. The maximum atomic E-state index is 11.2. The number of esters is 1. The normalized spacial score (nSPS) is 11.6. The fourth-order valence-electron chi connectivity index (χ4n) is 1.78. The van der Waals surface area contributed by atoms with Crippen LogP contribution in [0.2, 0.25) is 0 Å². The second-order valence-electron chi connectivity index (χ2n) is 4.78. The van der Waals surface area contributed by atoms with Gasteiger partial charge in [0.25, 0.3) is 0 Å². The van der Waals surface area contributed by atoms with Crippen molar-refractivity contribution in [3.05, 3.63) is 42.0 Å². The van der Waals surface area contributed by atoms with E-state index < -0.39 is 5.97 Å². The van der Waals surface area contributed by atoms with Gasteiger partial charge in [-0.1, -0.05) is 30.2 Å². The number of rotatable bonds is 9. The van der Waals surface area contributed by atoms with Crippen LogP contribution in [0.4, 0.5) is 0 Å². The first kappa shape index (κ1) is 19.8. The third kappa shape index (κ3) is 8.37. The highest BCUT2D eigenvalue weighted by atomic mass is 16.5. The molecule has 0 aliphatic heterocycles. The van der Waals surface area contributed by atoms with Crippen LogP contribution in [-0.4, -0.2) is 39.5 Å². The van der Waals surface area contributed by atoms with Crippen LogP contribution in [-0.2, 0) is 25.6 Å². The summed E-state index contributed by atoms with van der Waals surface area (Å²) in [5.41, 5.74) is 1.08. The van der Waals surface area contributed by atoms with E-state index in [1.165, 1.54) is 0 Å². The van der Waals surface area contributed by atoms with E-state index in [9.17, 15) is 4.79 Å². The van der Waals surface area contributed by atoms with Gasteiger partial charge in [-0.15, -0.1) is 0 Å². The molecule has 0 unspecified atom stereocenters. The van der Waals surface area contributed by atoms with Crippen LogP contribution in [0, 0.1) is 11.8 Å². The molecule has 130 valence electrons. The van der Waals surface area contributed by atoms with Crippen molar-refractivity contribution in [3.8, 4) is 17.6 Å². The van der Waals surface area contributed by atoms with E-state index in [0.29, 0.717) is 26.2 Å². The summed E-state index contributed by atoms with van der Waals surface area (Å²) in [7, 11) is 3.19. The second-order valence-corrected chi connectivity index (χ2v) is 4.78. The molecule has 0 radical (unpaired) electrons. The largest absolute Gasteiger partial charge is 0.497 e. The molecule has 0 saturated heterocycles. The fraction of sp³-hybridized carbons (Fsp3) is 0.421. The molecule has 5 heteroatoms. The fourth-order valence-corrected chi connectivity index (χ4v) is 1.78. The maximum Gasteiger partial charge on any atom is 0.384 e. The van der Waals surface area contributed by atoms with Crippen molar-refractivity contribution >= 4 is 5.97 Å². The minimum Gasteiger partial charge on any atom is -0.497 e. The highest BCUT2D eigenvalue weighted by Gasteiger charge is 2.01. The van der Waals surface area contributed by atoms with Gasteiger partial charge in [-0.3, -0.25) is 0 Å². The summed E-state index contributed by atoms with van der Waals surface area (Å²) in [6, 6.07) is 7.74. The number of methoxy groups -OCH3 is 2.